The van der Waals surface area contributed by atoms with E-state index in [4.69, 9.17) is 4.74 Å². The number of hydrogen-bond donors (Lipinski definition) is 1. The summed E-state index contributed by atoms with van der Waals surface area (Å²) >= 11 is 0. The molecule has 0 bridgehead atoms. The lowest BCUT2D eigenvalue weighted by Crippen LogP contribution is -2.32. The van der Waals surface area contributed by atoms with Crippen LogP contribution in [-0.4, -0.2) is 46.4 Å². The summed E-state index contributed by atoms with van der Waals surface area (Å²) < 4.78 is 4.96. The second-order valence-electron chi connectivity index (χ2n) is 6.42. The van der Waals surface area contributed by atoms with Crippen molar-refractivity contribution in [3.05, 3.63) is 47.9 Å². The average molecular weight is 368 g/mol. The molecule has 142 valence electrons. The number of aromatic nitrogens is 2. The normalized spacial score (nSPS) is 14.3. The Morgan fingerprint density at radius 1 is 1.04 bits per heavy atom. The van der Waals surface area contributed by atoms with Gasteiger partial charge in [0.25, 0.3) is 5.91 Å². The largest absolute Gasteiger partial charge is 0.462 e. The number of esters is 1. The topological polar surface area (TPSA) is 84.4 Å². The number of anilines is 2. The molecule has 2 heterocycles. The van der Waals surface area contributed by atoms with Gasteiger partial charge >= 0.3 is 5.97 Å². The summed E-state index contributed by atoms with van der Waals surface area (Å²) in [4.78, 5) is 34.6. The van der Waals surface area contributed by atoms with E-state index < -0.39 is 0 Å². The highest BCUT2D eigenvalue weighted by Gasteiger charge is 2.18. The van der Waals surface area contributed by atoms with E-state index in [2.05, 4.69) is 15.3 Å². The molecule has 0 saturated carbocycles. The Morgan fingerprint density at radius 3 is 2.33 bits per heavy atom. The number of rotatable bonds is 5. The molecule has 1 saturated heterocycles. The first kappa shape index (κ1) is 18.8. The predicted octanol–water partition coefficient (Wildman–Crippen LogP) is 3.41. The Bertz CT molecular complexity index is 767. The molecule has 1 aromatic carbocycles. The van der Waals surface area contributed by atoms with Crippen LogP contribution in [0.15, 0.2) is 36.7 Å². The van der Waals surface area contributed by atoms with E-state index in [1.165, 1.54) is 19.0 Å². The van der Waals surface area contributed by atoms with Gasteiger partial charge in [-0.05, 0) is 44.0 Å². The van der Waals surface area contributed by atoms with Gasteiger partial charge in [-0.2, -0.15) is 0 Å². The minimum Gasteiger partial charge on any atom is -0.462 e. The molecule has 3 rings (SSSR count). The molecule has 1 aromatic heterocycles. The number of amides is 1. The molecular formula is C20H24N4O3. The van der Waals surface area contributed by atoms with Gasteiger partial charge in [-0.1, -0.05) is 12.8 Å². The fraction of sp³-hybridized carbons (Fsp3) is 0.400. The Labute approximate surface area is 158 Å². The van der Waals surface area contributed by atoms with E-state index in [1.54, 1.807) is 37.4 Å². The molecule has 1 N–H and O–H groups in total. The van der Waals surface area contributed by atoms with Gasteiger partial charge in [0.05, 0.1) is 24.6 Å². The summed E-state index contributed by atoms with van der Waals surface area (Å²) in [5.74, 6) is 0.126. The van der Waals surface area contributed by atoms with Gasteiger partial charge in [-0.25, -0.2) is 14.8 Å². The average Bonchev–Trinajstić information content (AvgIpc) is 2.98. The molecule has 1 aliphatic heterocycles. The van der Waals surface area contributed by atoms with Gasteiger partial charge < -0.3 is 15.0 Å². The molecule has 7 heteroatoms. The van der Waals surface area contributed by atoms with E-state index in [9.17, 15) is 9.59 Å². The third-order valence-electron chi connectivity index (χ3n) is 4.43. The number of hydrogen-bond acceptors (Lipinski definition) is 6. The van der Waals surface area contributed by atoms with Crippen LogP contribution >= 0.6 is 0 Å². The van der Waals surface area contributed by atoms with Crippen LogP contribution in [-0.2, 0) is 4.74 Å². The van der Waals surface area contributed by atoms with Crippen LogP contribution in [0.1, 0.15) is 53.5 Å². The third-order valence-corrected chi connectivity index (χ3v) is 4.43. The molecule has 1 amide bonds. The fourth-order valence-corrected chi connectivity index (χ4v) is 2.99. The van der Waals surface area contributed by atoms with Crippen LogP contribution in [0.3, 0.4) is 0 Å². The first-order chi connectivity index (χ1) is 13.2. The van der Waals surface area contributed by atoms with Gasteiger partial charge in [-0.3, -0.25) is 4.79 Å². The number of carbonyl (C=O) groups is 2. The maximum Gasteiger partial charge on any atom is 0.338 e. The molecule has 7 nitrogen and oxygen atoms in total. The number of benzene rings is 1. The zero-order valence-corrected chi connectivity index (χ0v) is 15.5. The van der Waals surface area contributed by atoms with Crippen LogP contribution in [0.4, 0.5) is 11.5 Å². The molecule has 1 aliphatic rings. The zero-order chi connectivity index (χ0) is 19.1. The summed E-state index contributed by atoms with van der Waals surface area (Å²) in [5.41, 5.74) is 1.62. The zero-order valence-electron chi connectivity index (χ0n) is 15.5. The molecular weight excluding hydrogens is 344 g/mol. The van der Waals surface area contributed by atoms with Gasteiger partial charge in [0.2, 0.25) is 0 Å². The van der Waals surface area contributed by atoms with Gasteiger partial charge in [0, 0.05) is 18.8 Å². The number of likely N-dealkylation sites (tertiary alicyclic amines) is 1. The standard InChI is InChI=1S/C20H24N4O3/c1-2-27-20(26)15-7-9-16(10-8-15)23-18-14-21-17(13-22-18)19(25)24-11-5-3-4-6-12-24/h7-10,13-14H,2-6,11-12H2,1H3,(H,22,23). The summed E-state index contributed by atoms with van der Waals surface area (Å²) in [7, 11) is 0. The molecule has 2 aromatic rings. The van der Waals surface area contributed by atoms with Crippen molar-refractivity contribution in [3.63, 3.8) is 0 Å². The maximum atomic E-state index is 12.5. The predicted molar refractivity (Wildman–Crippen MR) is 102 cm³/mol. The molecule has 0 radical (unpaired) electrons. The fourth-order valence-electron chi connectivity index (χ4n) is 2.99. The molecule has 0 aliphatic carbocycles. The Balaban J connectivity index is 1.61. The van der Waals surface area contributed by atoms with Crippen molar-refractivity contribution in [2.24, 2.45) is 0 Å². The van der Waals surface area contributed by atoms with E-state index >= 15 is 0 Å². The van der Waals surface area contributed by atoms with Crippen LogP contribution in [0.25, 0.3) is 0 Å². The highest BCUT2D eigenvalue weighted by Crippen LogP contribution is 2.16. The van der Waals surface area contributed by atoms with Crippen LogP contribution in [0.2, 0.25) is 0 Å². The van der Waals surface area contributed by atoms with E-state index in [0.29, 0.717) is 23.7 Å². The third kappa shape index (κ3) is 5.03. The van der Waals surface area contributed by atoms with E-state index in [-0.39, 0.29) is 11.9 Å². The van der Waals surface area contributed by atoms with E-state index in [0.717, 1.165) is 31.6 Å². The quantitative estimate of drug-likeness (QED) is 0.814. The number of carbonyl (C=O) groups excluding carboxylic acids is 2. The van der Waals surface area contributed by atoms with Gasteiger partial charge in [0.15, 0.2) is 0 Å². The lowest BCUT2D eigenvalue weighted by molar-refractivity contribution is 0.0526. The lowest BCUT2D eigenvalue weighted by Gasteiger charge is -2.19. The number of nitrogens with zero attached hydrogens (tertiary/aromatic N) is 3. The van der Waals surface area contributed by atoms with Crippen molar-refractivity contribution < 1.29 is 14.3 Å². The van der Waals surface area contributed by atoms with Crippen molar-refractivity contribution in [1.82, 2.24) is 14.9 Å². The smallest absolute Gasteiger partial charge is 0.338 e. The second-order valence-corrected chi connectivity index (χ2v) is 6.42. The molecule has 1 fully saturated rings. The van der Waals surface area contributed by atoms with Crippen LogP contribution in [0.5, 0.6) is 0 Å². The van der Waals surface area contributed by atoms with Crippen molar-refractivity contribution in [3.8, 4) is 0 Å². The van der Waals surface area contributed by atoms with Crippen molar-refractivity contribution in [1.29, 1.82) is 0 Å². The Kier molecular flexibility index (Phi) is 6.35. The summed E-state index contributed by atoms with van der Waals surface area (Å²) in [5, 5.41) is 3.11. The van der Waals surface area contributed by atoms with Crippen molar-refractivity contribution >= 4 is 23.4 Å². The minimum absolute atomic E-state index is 0.0604. The first-order valence-electron chi connectivity index (χ1n) is 9.33. The van der Waals surface area contributed by atoms with Crippen molar-refractivity contribution in [2.45, 2.75) is 32.6 Å². The summed E-state index contributed by atoms with van der Waals surface area (Å²) in [6, 6.07) is 6.91. The summed E-state index contributed by atoms with van der Waals surface area (Å²) in [6.45, 7) is 3.69. The lowest BCUT2D eigenvalue weighted by atomic mass is 10.2. The Hall–Kier alpha value is -2.96. The monoisotopic (exact) mass is 368 g/mol. The van der Waals surface area contributed by atoms with E-state index in [1.807, 2.05) is 4.90 Å². The van der Waals surface area contributed by atoms with Gasteiger partial charge in [0.1, 0.15) is 11.5 Å². The highest BCUT2D eigenvalue weighted by molar-refractivity contribution is 5.92. The highest BCUT2D eigenvalue weighted by atomic mass is 16.5. The number of ether oxygens (including phenoxy) is 1. The van der Waals surface area contributed by atoms with Crippen LogP contribution in [0, 0.1) is 0 Å². The van der Waals surface area contributed by atoms with Crippen LogP contribution < -0.4 is 5.32 Å². The molecule has 0 atom stereocenters. The van der Waals surface area contributed by atoms with Gasteiger partial charge in [-0.15, -0.1) is 0 Å². The molecule has 0 spiro atoms. The second kappa shape index (κ2) is 9.12. The first-order valence-corrected chi connectivity index (χ1v) is 9.33. The SMILES string of the molecule is CCOC(=O)c1ccc(Nc2cnc(C(=O)N3CCCCCC3)cn2)cc1. The molecule has 27 heavy (non-hydrogen) atoms. The summed E-state index contributed by atoms with van der Waals surface area (Å²) in [6.07, 6.45) is 7.48. The maximum absolute atomic E-state index is 12.5. The molecule has 0 unspecified atom stereocenters. The Morgan fingerprint density at radius 2 is 1.74 bits per heavy atom. The minimum atomic E-state index is -0.347. The number of nitrogens with one attached hydrogen (secondary N) is 1. The van der Waals surface area contributed by atoms with Crippen molar-refractivity contribution in [2.75, 3.05) is 25.0 Å².